The molecule has 67 valence electrons. The quantitative estimate of drug-likeness (QED) is 0.445. The molecular weight excluding hydrogens is 174 g/mol. The Labute approximate surface area is 94.6 Å². The molecule has 1 nitrogen and oxygen atoms in total. The Hall–Kier alpha value is 0.207. The van der Waals surface area contributed by atoms with E-state index in [9.17, 15) is 0 Å². The molecule has 13 heavy (non-hydrogen) atoms. The summed E-state index contributed by atoms with van der Waals surface area (Å²) in [6, 6.07) is 10.1. The Morgan fingerprint density at radius 2 is 1.54 bits per heavy atom. The summed E-state index contributed by atoms with van der Waals surface area (Å²) >= 11 is 0. The van der Waals surface area contributed by atoms with Crippen molar-refractivity contribution in [2.24, 2.45) is 0 Å². The summed E-state index contributed by atoms with van der Waals surface area (Å²) in [6.07, 6.45) is 2.56. The topological polar surface area (TPSA) is 9.23 Å². The second kappa shape index (κ2) is 8.79. The van der Waals surface area contributed by atoms with Crippen molar-refractivity contribution in [1.29, 1.82) is 0 Å². The molecule has 2 rings (SSSR count). The van der Waals surface area contributed by atoms with Crippen LogP contribution in [0.1, 0.15) is 12.8 Å². The van der Waals surface area contributed by atoms with Crippen molar-refractivity contribution in [3.05, 3.63) is 30.3 Å². The Morgan fingerprint density at radius 3 is 1.77 bits per heavy atom. The average molecular weight is 189 g/mol. The number of rotatable bonds is 0. The first-order chi connectivity index (χ1) is 5.89. The fraction of sp³-hybridized carbons (Fsp3) is 0.400. The number of ether oxygens (including phenoxy) is 1. The van der Waals surface area contributed by atoms with Gasteiger partial charge in [0.1, 0.15) is 0 Å². The van der Waals surface area contributed by atoms with E-state index in [1.54, 1.807) is 0 Å². The predicted molar refractivity (Wildman–Crippen MR) is 61.6 cm³/mol. The molecule has 0 bridgehead atoms. The standard InChI is InChI=1S/C6H7P.C4H8O.Li/c7-6-4-2-1-3-5-6;1-2-4-5-3-1;/h1-5H,7H2;1-4H2;. The van der Waals surface area contributed by atoms with Crippen molar-refractivity contribution < 1.29 is 4.74 Å². The van der Waals surface area contributed by atoms with E-state index in [1.165, 1.54) is 18.1 Å². The van der Waals surface area contributed by atoms with Crippen LogP contribution in [0.5, 0.6) is 0 Å². The molecule has 0 aromatic heterocycles. The minimum atomic E-state index is 0. The molecule has 0 amide bonds. The molecule has 1 fully saturated rings. The van der Waals surface area contributed by atoms with Gasteiger partial charge in [0.25, 0.3) is 0 Å². The largest absolute Gasteiger partial charge is 0.381 e. The summed E-state index contributed by atoms with van der Waals surface area (Å²) in [5, 5.41) is 1.24. The zero-order chi connectivity index (χ0) is 8.65. The van der Waals surface area contributed by atoms with Crippen molar-refractivity contribution in [2.45, 2.75) is 12.8 Å². The normalized spacial score (nSPS) is 13.9. The Balaban J connectivity index is 0.000000215. The summed E-state index contributed by atoms with van der Waals surface area (Å²) in [5.74, 6) is 0. The van der Waals surface area contributed by atoms with Crippen LogP contribution in [0.3, 0.4) is 0 Å². The van der Waals surface area contributed by atoms with E-state index >= 15 is 0 Å². The fourth-order valence-corrected chi connectivity index (χ4v) is 1.19. The van der Waals surface area contributed by atoms with Gasteiger partial charge in [0.2, 0.25) is 0 Å². The molecule has 3 heteroatoms. The third-order valence-corrected chi connectivity index (χ3v) is 2.01. The molecule has 1 heterocycles. The first-order valence-electron chi connectivity index (χ1n) is 4.28. The first-order valence-corrected chi connectivity index (χ1v) is 4.85. The monoisotopic (exact) mass is 189 g/mol. The second-order valence-electron chi connectivity index (χ2n) is 2.73. The Bertz CT molecular complexity index is 192. The molecule has 1 aromatic carbocycles. The smallest absolute Gasteiger partial charge is 0.0466 e. The van der Waals surface area contributed by atoms with E-state index < -0.39 is 0 Å². The maximum Gasteiger partial charge on any atom is 0.0466 e. The number of benzene rings is 1. The zero-order valence-electron chi connectivity index (χ0n) is 8.20. The van der Waals surface area contributed by atoms with E-state index in [0.717, 1.165) is 13.2 Å². The van der Waals surface area contributed by atoms with Crippen molar-refractivity contribution in [1.82, 2.24) is 0 Å². The van der Waals surface area contributed by atoms with Gasteiger partial charge >= 0.3 is 0 Å². The van der Waals surface area contributed by atoms with Crippen molar-refractivity contribution >= 4 is 33.4 Å². The van der Waals surface area contributed by atoms with Crippen LogP contribution >= 0.6 is 9.24 Å². The van der Waals surface area contributed by atoms with Crippen LogP contribution in [0.4, 0.5) is 0 Å². The van der Waals surface area contributed by atoms with Crippen LogP contribution in [0, 0.1) is 0 Å². The van der Waals surface area contributed by atoms with E-state index in [4.69, 9.17) is 4.74 Å². The third-order valence-electron chi connectivity index (χ3n) is 1.63. The minimum absolute atomic E-state index is 0. The third kappa shape index (κ3) is 7.29. The Morgan fingerprint density at radius 1 is 1.00 bits per heavy atom. The zero-order valence-corrected chi connectivity index (χ0v) is 9.36. The summed E-state index contributed by atoms with van der Waals surface area (Å²) in [5.41, 5.74) is 0. The van der Waals surface area contributed by atoms with Crippen LogP contribution < -0.4 is 5.30 Å². The molecule has 1 saturated heterocycles. The maximum atomic E-state index is 4.94. The molecule has 1 aliphatic heterocycles. The van der Waals surface area contributed by atoms with Crippen LogP contribution in [-0.4, -0.2) is 32.1 Å². The molecule has 1 atom stereocenters. The number of hydrogen-bond donors (Lipinski definition) is 0. The average Bonchev–Trinajstić information content (AvgIpc) is 2.62. The summed E-state index contributed by atoms with van der Waals surface area (Å²) in [6.45, 7) is 2.00. The second-order valence-corrected chi connectivity index (χ2v) is 3.40. The molecule has 1 aliphatic rings. The van der Waals surface area contributed by atoms with E-state index in [-0.39, 0.29) is 18.9 Å². The van der Waals surface area contributed by atoms with Crippen LogP contribution in [-0.2, 0) is 4.74 Å². The van der Waals surface area contributed by atoms with Gasteiger partial charge in [-0.25, -0.2) is 0 Å². The Kier molecular flexibility index (Phi) is 8.93. The van der Waals surface area contributed by atoms with Gasteiger partial charge in [-0.15, -0.1) is 9.24 Å². The van der Waals surface area contributed by atoms with Gasteiger partial charge < -0.3 is 4.74 Å². The van der Waals surface area contributed by atoms with Gasteiger partial charge in [-0.3, -0.25) is 0 Å². The van der Waals surface area contributed by atoms with Crippen molar-refractivity contribution in [2.75, 3.05) is 13.2 Å². The molecular formula is C10H15LiOP. The summed E-state index contributed by atoms with van der Waals surface area (Å²) < 4.78 is 4.94. The van der Waals surface area contributed by atoms with Crippen LogP contribution in [0.25, 0.3) is 0 Å². The molecule has 0 aliphatic carbocycles. The summed E-state index contributed by atoms with van der Waals surface area (Å²) in [7, 11) is 2.63. The minimum Gasteiger partial charge on any atom is -0.381 e. The molecule has 1 radical (unpaired) electrons. The summed E-state index contributed by atoms with van der Waals surface area (Å²) in [4.78, 5) is 0. The van der Waals surface area contributed by atoms with Gasteiger partial charge in [0.05, 0.1) is 0 Å². The van der Waals surface area contributed by atoms with Crippen LogP contribution in [0.2, 0.25) is 0 Å². The molecule has 0 spiro atoms. The molecule has 0 N–H and O–H groups in total. The first kappa shape index (κ1) is 13.2. The SMILES string of the molecule is C1CCOC1.Pc1ccccc1.[Li]. The molecule has 0 saturated carbocycles. The van der Waals surface area contributed by atoms with Crippen molar-refractivity contribution in [3.8, 4) is 0 Å². The van der Waals surface area contributed by atoms with E-state index in [0.29, 0.717) is 0 Å². The van der Waals surface area contributed by atoms with Gasteiger partial charge in [-0.2, -0.15) is 0 Å². The van der Waals surface area contributed by atoms with E-state index in [1.807, 2.05) is 30.3 Å². The van der Waals surface area contributed by atoms with Gasteiger partial charge in [0.15, 0.2) is 0 Å². The fourth-order valence-electron chi connectivity index (χ4n) is 0.963. The number of hydrogen-bond acceptors (Lipinski definition) is 1. The van der Waals surface area contributed by atoms with Gasteiger partial charge in [0, 0.05) is 32.1 Å². The van der Waals surface area contributed by atoms with E-state index in [2.05, 4.69) is 9.24 Å². The molecule has 1 unspecified atom stereocenters. The van der Waals surface area contributed by atoms with Crippen LogP contribution in [0.15, 0.2) is 30.3 Å². The predicted octanol–water partition coefficient (Wildman–Crippen LogP) is 1.60. The maximum absolute atomic E-state index is 4.94. The van der Waals surface area contributed by atoms with Gasteiger partial charge in [-0.05, 0) is 18.1 Å². The van der Waals surface area contributed by atoms with Crippen molar-refractivity contribution in [3.63, 3.8) is 0 Å². The van der Waals surface area contributed by atoms with Gasteiger partial charge in [-0.1, -0.05) is 30.3 Å². The molecule has 1 aromatic rings.